The van der Waals surface area contributed by atoms with Gasteiger partial charge in [0.05, 0.1) is 77.9 Å². The summed E-state index contributed by atoms with van der Waals surface area (Å²) in [7, 11) is 2.97. The van der Waals surface area contributed by atoms with Crippen LogP contribution in [0.2, 0.25) is 0 Å². The molecule has 0 aliphatic rings. The van der Waals surface area contributed by atoms with Gasteiger partial charge < -0.3 is 74.5 Å². The molecule has 418 valence electrons. The van der Waals surface area contributed by atoms with Crippen LogP contribution in [0.25, 0.3) is 0 Å². The van der Waals surface area contributed by atoms with Crippen LogP contribution in [0.3, 0.4) is 0 Å². The molecular formula is C41H67ClI2N5O21P3. The number of phosphoric acid groups is 2. The second-order valence-corrected chi connectivity index (χ2v) is 20.2. The van der Waals surface area contributed by atoms with E-state index in [1.165, 1.54) is 49.7 Å². The van der Waals surface area contributed by atoms with E-state index in [-0.39, 0.29) is 104 Å². The lowest BCUT2D eigenvalue weighted by molar-refractivity contribution is -0.120. The maximum Gasteiger partial charge on any atom is 0.527 e. The molecule has 3 unspecified atom stereocenters. The van der Waals surface area contributed by atoms with Gasteiger partial charge in [0.25, 0.3) is 0 Å². The van der Waals surface area contributed by atoms with Gasteiger partial charge in [-0.2, -0.15) is 0 Å². The molecule has 3 rings (SSSR count). The molecule has 3 aromatic carbocycles. The fourth-order valence-electron chi connectivity index (χ4n) is 4.88. The lowest BCUT2D eigenvalue weighted by Crippen LogP contribution is -2.34. The maximum atomic E-state index is 12.0. The van der Waals surface area contributed by atoms with Crippen LogP contribution in [0, 0.1) is 20.8 Å². The number of benzene rings is 3. The Hall–Kier alpha value is -3.61. The lowest BCUT2D eigenvalue weighted by atomic mass is 10.2. The smallest absolute Gasteiger partial charge is 0.502 e. The Morgan fingerprint density at radius 2 is 0.822 bits per heavy atom. The molecule has 0 aromatic heterocycles. The van der Waals surface area contributed by atoms with Gasteiger partial charge in [0.1, 0.15) is 0 Å². The number of rotatable bonds is 26. The minimum Gasteiger partial charge on any atom is -0.502 e. The molecule has 26 nitrogen and oxygen atoms in total. The topological polar surface area (TPSA) is 359 Å². The van der Waals surface area contributed by atoms with Crippen LogP contribution in [0.5, 0.6) is 51.7 Å². The first-order valence-corrected chi connectivity index (χ1v) is 29.3. The molecule has 0 heterocycles. The molecule has 0 saturated carbocycles. The van der Waals surface area contributed by atoms with Crippen molar-refractivity contribution in [1.82, 2.24) is 21.3 Å². The number of ether oxygens (including phenoxy) is 6. The molecule has 3 amide bonds. The van der Waals surface area contributed by atoms with Gasteiger partial charge in [-0.1, -0.05) is 45.2 Å². The monoisotopic (exact) mass is 1350 g/mol. The van der Waals surface area contributed by atoms with Crippen molar-refractivity contribution in [1.29, 1.82) is 0 Å². The minimum atomic E-state index is -4.41. The van der Waals surface area contributed by atoms with E-state index in [4.69, 9.17) is 62.7 Å². The largest absolute Gasteiger partial charge is 0.527 e. The zero-order valence-electron chi connectivity index (χ0n) is 42.1. The van der Waals surface area contributed by atoms with Crippen LogP contribution in [0.1, 0.15) is 16.7 Å². The molecule has 3 atom stereocenters. The highest BCUT2D eigenvalue weighted by atomic mass is 127. The van der Waals surface area contributed by atoms with Crippen LogP contribution in [0.4, 0.5) is 0 Å². The van der Waals surface area contributed by atoms with Crippen LogP contribution >= 0.6 is 79.0 Å². The van der Waals surface area contributed by atoms with Crippen molar-refractivity contribution in [3.63, 3.8) is 0 Å². The van der Waals surface area contributed by atoms with E-state index < -0.39 is 22.6 Å². The van der Waals surface area contributed by atoms with E-state index in [1.807, 2.05) is 66.0 Å². The normalized spacial score (nSPS) is 12.6. The van der Waals surface area contributed by atoms with Crippen molar-refractivity contribution < 1.29 is 98.9 Å². The summed E-state index contributed by atoms with van der Waals surface area (Å²) in [5.41, 5.74) is 7.15. The molecule has 3 aromatic rings. The molecular weight excluding hydrogens is 1280 g/mol. The Morgan fingerprint density at radius 1 is 0.548 bits per heavy atom. The number of nitrogens with one attached hydrogen (secondary N) is 4. The van der Waals surface area contributed by atoms with Crippen molar-refractivity contribution in [3.8, 4) is 51.7 Å². The SMILES string of the molecule is CN.CNCC(=O)NCCOP(=O)(O)Oc1c(OC)cc(C)cc1OC.COc1cc(C)cc(OC)c1O.COc1cc(C)cc(OC)c1OP(=O)(O)OCCNC(=O)CI.O=C(CI)NCCOP(=O)(O)Cl. The van der Waals surface area contributed by atoms with E-state index in [1.54, 1.807) is 43.4 Å². The van der Waals surface area contributed by atoms with Crippen molar-refractivity contribution in [2.24, 2.45) is 5.73 Å². The summed E-state index contributed by atoms with van der Waals surface area (Å²) in [4.78, 5) is 60.9. The number of alkyl halides is 2. The van der Waals surface area contributed by atoms with E-state index in [0.717, 1.165) is 16.7 Å². The van der Waals surface area contributed by atoms with Gasteiger partial charge in [0, 0.05) is 30.9 Å². The first kappa shape index (κ1) is 71.5. The van der Waals surface area contributed by atoms with Crippen molar-refractivity contribution >= 4 is 96.7 Å². The second kappa shape index (κ2) is 38.9. The third kappa shape index (κ3) is 31.8. The number of aromatic hydroxyl groups is 1. The first-order chi connectivity index (χ1) is 34.3. The fourth-order valence-corrected chi connectivity index (χ4v) is 7.51. The third-order valence-electron chi connectivity index (χ3n) is 7.86. The summed E-state index contributed by atoms with van der Waals surface area (Å²) in [5.74, 6) is 1.25. The molecule has 0 aliphatic carbocycles. The number of aryl methyl sites for hydroxylation is 3. The van der Waals surface area contributed by atoms with E-state index in [2.05, 4.69) is 31.5 Å². The standard InChI is InChI=1S/C14H23N2O7P.C13H19INO7P.C9H12O3.C4H8ClINO4P.CH5N/c1-10-7-11(20-3)14(12(8-10)21-4)23-24(18,19)22-6-5-16-13(17)9-15-2;1-9-6-10(19-2)13(11(7-9)20-3)22-23(17,18)21-5-4-15-12(16)8-14;1-6-4-7(11-2)9(10)8(5-6)12-3;5-12(9,10)11-2-1-7-4(8)3-6;1-2/h7-8,15H,5-6,9H2,1-4H3,(H,16,17)(H,18,19);6-7H,4-5,8H2,1-3H3,(H,15,16)(H,17,18);4-5,10H,1-3H3;1-3H2,(H,7,8)(H,9,10);2H2,1H3. The maximum absolute atomic E-state index is 12.0. The van der Waals surface area contributed by atoms with Crippen molar-refractivity contribution in [2.45, 2.75) is 20.8 Å². The van der Waals surface area contributed by atoms with Gasteiger partial charge in [-0.05, 0) is 88.0 Å². The van der Waals surface area contributed by atoms with Crippen LogP contribution in [-0.4, -0.2) is 149 Å². The van der Waals surface area contributed by atoms with Gasteiger partial charge in [0.2, 0.25) is 35.0 Å². The molecule has 0 aliphatic heterocycles. The molecule has 0 spiro atoms. The molecule has 0 radical (unpaired) electrons. The molecule has 32 heteroatoms. The number of phenols is 1. The van der Waals surface area contributed by atoms with E-state index in [0.29, 0.717) is 20.4 Å². The number of likely N-dealkylation sites (N-methyl/N-ethyl adjacent to an activating group) is 1. The summed E-state index contributed by atoms with van der Waals surface area (Å²) >= 11 is 8.66. The van der Waals surface area contributed by atoms with Crippen LogP contribution < -0.4 is 64.5 Å². The predicted octanol–water partition coefficient (Wildman–Crippen LogP) is 5.09. The van der Waals surface area contributed by atoms with Gasteiger partial charge in [-0.15, -0.1) is 0 Å². The Morgan fingerprint density at radius 3 is 1.08 bits per heavy atom. The van der Waals surface area contributed by atoms with Gasteiger partial charge in [0.15, 0.2) is 34.5 Å². The number of hydrogen-bond acceptors (Lipinski definition) is 20. The van der Waals surface area contributed by atoms with E-state index in [9.17, 15) is 43.0 Å². The highest BCUT2D eigenvalue weighted by molar-refractivity contribution is 14.1. The zero-order chi connectivity index (χ0) is 56.4. The fraction of sp³-hybridized carbons (Fsp3) is 0.488. The molecule has 73 heavy (non-hydrogen) atoms. The summed E-state index contributed by atoms with van der Waals surface area (Å²) < 4.78 is 89.5. The number of phenolic OH excluding ortho intramolecular Hbond substituents is 1. The third-order valence-corrected chi connectivity index (χ3v) is 11.9. The number of carbonyl (C=O) groups is 3. The minimum absolute atomic E-state index is 0.0252. The van der Waals surface area contributed by atoms with Crippen LogP contribution in [-0.2, 0) is 41.6 Å². The number of carbonyl (C=O) groups excluding carboxylic acids is 3. The molecule has 0 fully saturated rings. The summed E-state index contributed by atoms with van der Waals surface area (Å²) in [6.07, 6.45) is 0. The molecule has 0 bridgehead atoms. The Balaban J connectivity index is 0. The number of halogens is 3. The summed E-state index contributed by atoms with van der Waals surface area (Å²) in [6.45, 7) is 1.67. The quantitative estimate of drug-likeness (QED) is 0.0219. The number of phosphoric ester groups is 2. The number of amides is 3. The van der Waals surface area contributed by atoms with E-state index >= 15 is 0 Å². The Labute approximate surface area is 457 Å². The highest BCUT2D eigenvalue weighted by Gasteiger charge is 2.29. The first-order valence-electron chi connectivity index (χ1n) is 20.8. The average molecular weight is 1350 g/mol. The predicted molar refractivity (Wildman–Crippen MR) is 290 cm³/mol. The summed E-state index contributed by atoms with van der Waals surface area (Å²) in [5, 5.41) is 19.6. The summed E-state index contributed by atoms with van der Waals surface area (Å²) in [6, 6.07) is 10.0. The van der Waals surface area contributed by atoms with Gasteiger partial charge in [-0.25, -0.2) is 13.7 Å². The highest BCUT2D eigenvalue weighted by Crippen LogP contribution is 2.52. The van der Waals surface area contributed by atoms with Crippen LogP contribution in [0.15, 0.2) is 36.4 Å². The zero-order valence-corrected chi connectivity index (χ0v) is 49.9. The van der Waals surface area contributed by atoms with Gasteiger partial charge in [-0.3, -0.25) is 37.7 Å². The number of nitrogens with two attached hydrogens (primary N) is 1. The molecule has 0 saturated heterocycles. The Kier molecular flexibility index (Phi) is 38.1. The number of methoxy groups -OCH3 is 6. The second-order valence-electron chi connectivity index (χ2n) is 13.4. The Bertz CT molecular complexity index is 2210. The van der Waals surface area contributed by atoms with Crippen molar-refractivity contribution in [3.05, 3.63) is 53.1 Å². The van der Waals surface area contributed by atoms with Gasteiger partial charge >= 0.3 is 22.6 Å². The lowest BCUT2D eigenvalue weighted by Gasteiger charge is -2.18. The average Bonchev–Trinajstić information content (AvgIpc) is 3.35. The number of hydrogen-bond donors (Lipinski definition) is 9. The van der Waals surface area contributed by atoms with Crippen molar-refractivity contribution in [2.75, 3.05) is 112 Å². The molecule has 10 N–H and O–H groups in total.